The molecule has 5 heteroatoms. The van der Waals surface area contributed by atoms with E-state index in [0.717, 1.165) is 10.5 Å². The first kappa shape index (κ1) is 15.5. The van der Waals surface area contributed by atoms with E-state index in [2.05, 4.69) is 0 Å². The number of carbonyl (C=O) groups is 2. The second-order valence-electron chi connectivity index (χ2n) is 5.56. The SMILES string of the molecule is CC(C)=C1Oc2c(ccc(OC(=O)Cc3cccs3)c2C)C1=O. The zero-order valence-corrected chi connectivity index (χ0v) is 14.0. The maximum atomic E-state index is 12.2. The Balaban J connectivity index is 1.84. The van der Waals surface area contributed by atoms with Crippen LogP contribution in [-0.2, 0) is 11.2 Å². The van der Waals surface area contributed by atoms with Crippen LogP contribution in [0.3, 0.4) is 0 Å². The van der Waals surface area contributed by atoms with E-state index in [9.17, 15) is 9.59 Å². The number of thiophene rings is 1. The van der Waals surface area contributed by atoms with Crippen LogP contribution in [0.5, 0.6) is 11.5 Å². The molecule has 3 rings (SSSR count). The van der Waals surface area contributed by atoms with Crippen molar-refractivity contribution in [2.45, 2.75) is 27.2 Å². The summed E-state index contributed by atoms with van der Waals surface area (Å²) < 4.78 is 11.1. The molecule has 2 aromatic rings. The predicted molar refractivity (Wildman–Crippen MR) is 88.2 cm³/mol. The van der Waals surface area contributed by atoms with Gasteiger partial charge in [0.2, 0.25) is 5.78 Å². The molecule has 1 aliphatic rings. The third kappa shape index (κ3) is 2.92. The lowest BCUT2D eigenvalue weighted by Crippen LogP contribution is -2.11. The number of esters is 1. The fourth-order valence-corrected chi connectivity index (χ4v) is 3.10. The standard InChI is InChI=1S/C18H16O4S/c1-10(2)17-16(20)13-6-7-14(11(3)18(13)22-17)21-15(19)9-12-5-4-8-23-12/h4-8H,9H2,1-3H3. The van der Waals surface area contributed by atoms with E-state index in [1.165, 1.54) is 11.3 Å². The number of hydrogen-bond acceptors (Lipinski definition) is 5. The zero-order valence-electron chi connectivity index (χ0n) is 13.1. The lowest BCUT2D eigenvalue weighted by molar-refractivity contribution is -0.133. The Morgan fingerprint density at radius 1 is 1.26 bits per heavy atom. The first-order valence-electron chi connectivity index (χ1n) is 7.24. The Bertz CT molecular complexity index is 812. The molecule has 4 nitrogen and oxygen atoms in total. The molecule has 0 atom stereocenters. The van der Waals surface area contributed by atoms with Gasteiger partial charge in [0.05, 0.1) is 12.0 Å². The van der Waals surface area contributed by atoms with Gasteiger partial charge in [-0.2, -0.15) is 0 Å². The average molecular weight is 328 g/mol. The molecule has 0 aliphatic carbocycles. The smallest absolute Gasteiger partial charge is 0.316 e. The van der Waals surface area contributed by atoms with Gasteiger partial charge in [0.15, 0.2) is 5.76 Å². The number of hydrogen-bond donors (Lipinski definition) is 0. The van der Waals surface area contributed by atoms with Crippen LogP contribution in [-0.4, -0.2) is 11.8 Å². The highest BCUT2D eigenvalue weighted by molar-refractivity contribution is 7.10. The van der Waals surface area contributed by atoms with E-state index in [4.69, 9.17) is 9.47 Å². The number of ketones is 1. The molecule has 0 amide bonds. The number of rotatable bonds is 3. The number of carbonyl (C=O) groups excluding carboxylic acids is 2. The van der Waals surface area contributed by atoms with Crippen LogP contribution in [0, 0.1) is 6.92 Å². The van der Waals surface area contributed by atoms with Crippen LogP contribution >= 0.6 is 11.3 Å². The Labute approximate surface area is 138 Å². The number of fused-ring (bicyclic) bond motifs is 1. The normalized spacial score (nSPS) is 12.8. The largest absolute Gasteiger partial charge is 0.452 e. The second kappa shape index (κ2) is 6.01. The molecule has 118 valence electrons. The molecule has 0 bridgehead atoms. The minimum Gasteiger partial charge on any atom is -0.452 e. The minimum atomic E-state index is -0.331. The molecule has 2 heterocycles. The van der Waals surface area contributed by atoms with Crippen molar-refractivity contribution in [2.75, 3.05) is 0 Å². The second-order valence-corrected chi connectivity index (χ2v) is 6.59. The highest BCUT2D eigenvalue weighted by atomic mass is 32.1. The minimum absolute atomic E-state index is 0.125. The van der Waals surface area contributed by atoms with Crippen molar-refractivity contribution in [1.82, 2.24) is 0 Å². The van der Waals surface area contributed by atoms with Gasteiger partial charge >= 0.3 is 5.97 Å². The summed E-state index contributed by atoms with van der Waals surface area (Å²) in [4.78, 5) is 25.2. The molecule has 0 fully saturated rings. The van der Waals surface area contributed by atoms with Crippen LogP contribution in [0.25, 0.3) is 0 Å². The molecule has 0 saturated carbocycles. The van der Waals surface area contributed by atoms with Crippen LogP contribution in [0.2, 0.25) is 0 Å². The summed E-state index contributed by atoms with van der Waals surface area (Å²) in [5, 5.41) is 1.92. The van der Waals surface area contributed by atoms with Crippen LogP contribution in [0.4, 0.5) is 0 Å². The lowest BCUT2D eigenvalue weighted by Gasteiger charge is -2.09. The number of allylic oxidation sites excluding steroid dienone is 2. The van der Waals surface area contributed by atoms with E-state index < -0.39 is 0 Å². The Morgan fingerprint density at radius 3 is 2.70 bits per heavy atom. The monoisotopic (exact) mass is 328 g/mol. The highest BCUT2D eigenvalue weighted by Crippen LogP contribution is 2.39. The number of Topliss-reactive ketones (excluding diaryl/α,β-unsaturated/α-hetero) is 1. The quantitative estimate of drug-likeness (QED) is 0.484. The van der Waals surface area contributed by atoms with Gasteiger partial charge in [-0.25, -0.2) is 0 Å². The van der Waals surface area contributed by atoms with Gasteiger partial charge in [-0.1, -0.05) is 6.07 Å². The lowest BCUT2D eigenvalue weighted by atomic mass is 10.1. The summed E-state index contributed by atoms with van der Waals surface area (Å²) in [5.41, 5.74) is 1.99. The van der Waals surface area contributed by atoms with Crippen molar-refractivity contribution >= 4 is 23.1 Å². The van der Waals surface area contributed by atoms with E-state index in [1.54, 1.807) is 19.1 Å². The molecule has 0 radical (unpaired) electrons. The van der Waals surface area contributed by atoms with Gasteiger partial charge in [-0.15, -0.1) is 11.3 Å². The van der Waals surface area contributed by atoms with Crippen molar-refractivity contribution in [1.29, 1.82) is 0 Å². The number of benzene rings is 1. The maximum absolute atomic E-state index is 12.2. The van der Waals surface area contributed by atoms with Gasteiger partial charge in [-0.3, -0.25) is 9.59 Å². The molecular formula is C18H16O4S. The Hall–Kier alpha value is -2.40. The molecule has 1 aliphatic heterocycles. The van der Waals surface area contributed by atoms with Gasteiger partial charge in [-0.05, 0) is 49.9 Å². The third-order valence-corrected chi connectivity index (χ3v) is 4.46. The molecule has 0 spiro atoms. The Kier molecular flexibility index (Phi) is 4.05. The van der Waals surface area contributed by atoms with Crippen molar-refractivity contribution in [3.63, 3.8) is 0 Å². The molecular weight excluding hydrogens is 312 g/mol. The molecule has 23 heavy (non-hydrogen) atoms. The summed E-state index contributed by atoms with van der Waals surface area (Å²) in [6, 6.07) is 7.09. The first-order valence-corrected chi connectivity index (χ1v) is 8.12. The average Bonchev–Trinajstić information content (AvgIpc) is 3.10. The van der Waals surface area contributed by atoms with Gasteiger partial charge in [0, 0.05) is 10.4 Å². The third-order valence-electron chi connectivity index (χ3n) is 3.59. The van der Waals surface area contributed by atoms with Crippen molar-refractivity contribution in [2.24, 2.45) is 0 Å². The van der Waals surface area contributed by atoms with Crippen LogP contribution < -0.4 is 9.47 Å². The fourth-order valence-electron chi connectivity index (χ4n) is 2.41. The Morgan fingerprint density at radius 2 is 2.04 bits per heavy atom. The molecule has 0 N–H and O–H groups in total. The van der Waals surface area contributed by atoms with Gasteiger partial charge in [0.25, 0.3) is 0 Å². The first-order chi connectivity index (χ1) is 11.0. The number of ether oxygens (including phenoxy) is 2. The van der Waals surface area contributed by atoms with E-state index in [-0.39, 0.29) is 18.2 Å². The summed E-state index contributed by atoms with van der Waals surface area (Å²) in [6.45, 7) is 5.45. The molecule has 0 saturated heterocycles. The van der Waals surface area contributed by atoms with Gasteiger partial charge < -0.3 is 9.47 Å². The van der Waals surface area contributed by atoms with E-state index in [0.29, 0.717) is 28.4 Å². The summed E-state index contributed by atoms with van der Waals surface area (Å²) in [7, 11) is 0. The molecule has 1 aromatic carbocycles. The van der Waals surface area contributed by atoms with E-state index >= 15 is 0 Å². The van der Waals surface area contributed by atoms with Gasteiger partial charge in [0.1, 0.15) is 11.5 Å². The molecule has 0 unspecified atom stereocenters. The summed E-state index contributed by atoms with van der Waals surface area (Å²) in [5.74, 6) is 0.799. The molecule has 1 aromatic heterocycles. The maximum Gasteiger partial charge on any atom is 0.316 e. The van der Waals surface area contributed by atoms with E-state index in [1.807, 2.05) is 31.4 Å². The van der Waals surface area contributed by atoms with Crippen molar-refractivity contribution < 1.29 is 19.1 Å². The fraction of sp³-hybridized carbons (Fsp3) is 0.222. The predicted octanol–water partition coefficient (Wildman–Crippen LogP) is 4.07. The zero-order chi connectivity index (χ0) is 16.6. The van der Waals surface area contributed by atoms with Crippen LogP contribution in [0.15, 0.2) is 41.0 Å². The summed E-state index contributed by atoms with van der Waals surface area (Å²) >= 11 is 1.51. The summed E-state index contributed by atoms with van der Waals surface area (Å²) in [6.07, 6.45) is 0.229. The van der Waals surface area contributed by atoms with Crippen molar-refractivity contribution in [3.05, 3.63) is 57.0 Å². The highest BCUT2D eigenvalue weighted by Gasteiger charge is 2.31. The van der Waals surface area contributed by atoms with Crippen LogP contribution in [0.1, 0.15) is 34.6 Å². The van der Waals surface area contributed by atoms with Crippen molar-refractivity contribution in [3.8, 4) is 11.5 Å². The topological polar surface area (TPSA) is 52.6 Å².